The number of carbonyl (C=O) groups excluding carboxylic acids is 1. The van der Waals surface area contributed by atoms with Crippen molar-refractivity contribution in [3.05, 3.63) is 29.8 Å². The highest BCUT2D eigenvalue weighted by atomic mass is 19.1. The maximum Gasteiger partial charge on any atom is 0.255 e. The van der Waals surface area contributed by atoms with Crippen molar-refractivity contribution in [1.82, 2.24) is 14.8 Å². The van der Waals surface area contributed by atoms with Crippen LogP contribution in [-0.2, 0) is 0 Å². The van der Waals surface area contributed by atoms with E-state index in [2.05, 4.69) is 16.0 Å². The number of rotatable bonds is 3. The fraction of sp³-hybridized carbons (Fsp3) is 0.500. The summed E-state index contributed by atoms with van der Waals surface area (Å²) in [7, 11) is 0. The molecule has 5 nitrogen and oxygen atoms in total. The first-order valence-corrected chi connectivity index (χ1v) is 6.70. The largest absolute Gasteiger partial charge is 0.336 e. The van der Waals surface area contributed by atoms with Crippen LogP contribution in [0.2, 0.25) is 0 Å². The van der Waals surface area contributed by atoms with Gasteiger partial charge < -0.3 is 4.90 Å². The van der Waals surface area contributed by atoms with Crippen LogP contribution in [0.15, 0.2) is 18.3 Å². The summed E-state index contributed by atoms with van der Waals surface area (Å²) in [5.41, 5.74) is 0.396. The zero-order chi connectivity index (χ0) is 14.5. The van der Waals surface area contributed by atoms with Gasteiger partial charge in [0.15, 0.2) is 0 Å². The van der Waals surface area contributed by atoms with Crippen molar-refractivity contribution in [2.75, 3.05) is 26.2 Å². The molecule has 0 aromatic carbocycles. The van der Waals surface area contributed by atoms with Crippen LogP contribution in [0.3, 0.4) is 0 Å². The molecule has 2 rings (SSSR count). The Kier molecular flexibility index (Phi) is 4.64. The second-order valence-corrected chi connectivity index (χ2v) is 4.75. The van der Waals surface area contributed by atoms with Gasteiger partial charge in [-0.15, -0.1) is 0 Å². The van der Waals surface area contributed by atoms with E-state index in [0.29, 0.717) is 31.7 Å². The highest BCUT2D eigenvalue weighted by Crippen LogP contribution is 2.11. The van der Waals surface area contributed by atoms with Crippen molar-refractivity contribution in [3.63, 3.8) is 0 Å². The lowest BCUT2D eigenvalue weighted by molar-refractivity contribution is 0.0604. The minimum atomic E-state index is -0.592. The third-order valence-electron chi connectivity index (χ3n) is 3.55. The maximum absolute atomic E-state index is 12.7. The molecule has 1 aliphatic rings. The highest BCUT2D eigenvalue weighted by molar-refractivity contribution is 5.93. The Bertz CT molecular complexity index is 503. The Morgan fingerprint density at radius 2 is 2.15 bits per heavy atom. The predicted octanol–water partition coefficient (Wildman–Crippen LogP) is 1.28. The first kappa shape index (κ1) is 14.4. The van der Waals surface area contributed by atoms with Crippen LogP contribution < -0.4 is 0 Å². The lowest BCUT2D eigenvalue weighted by atomic mass is 10.1. The lowest BCUT2D eigenvalue weighted by Gasteiger charge is -2.36. The van der Waals surface area contributed by atoms with E-state index in [0.717, 1.165) is 6.42 Å². The molecule has 6 heteroatoms. The van der Waals surface area contributed by atoms with E-state index in [-0.39, 0.29) is 11.9 Å². The van der Waals surface area contributed by atoms with E-state index >= 15 is 0 Å². The van der Waals surface area contributed by atoms with Gasteiger partial charge in [0.05, 0.1) is 17.7 Å². The van der Waals surface area contributed by atoms with Gasteiger partial charge in [0.1, 0.15) is 0 Å². The number of piperazine rings is 1. The number of amides is 1. The summed E-state index contributed by atoms with van der Waals surface area (Å²) in [4.78, 5) is 19.5. The molecular weight excluding hydrogens is 259 g/mol. The Morgan fingerprint density at radius 3 is 2.65 bits per heavy atom. The molecule has 1 aromatic heterocycles. The van der Waals surface area contributed by atoms with E-state index in [9.17, 15) is 9.18 Å². The summed E-state index contributed by atoms with van der Waals surface area (Å²) in [6.45, 7) is 4.51. The maximum atomic E-state index is 12.7. The smallest absolute Gasteiger partial charge is 0.255 e. The van der Waals surface area contributed by atoms with Crippen molar-refractivity contribution in [1.29, 1.82) is 5.26 Å². The van der Waals surface area contributed by atoms with Gasteiger partial charge in [-0.25, -0.2) is 4.98 Å². The third-order valence-corrected chi connectivity index (χ3v) is 3.55. The molecule has 2 heterocycles. The van der Waals surface area contributed by atoms with Gasteiger partial charge in [-0.1, -0.05) is 6.92 Å². The van der Waals surface area contributed by atoms with Crippen molar-refractivity contribution < 1.29 is 9.18 Å². The molecule has 20 heavy (non-hydrogen) atoms. The van der Waals surface area contributed by atoms with Gasteiger partial charge in [0, 0.05) is 32.4 Å². The molecule has 0 aliphatic carbocycles. The van der Waals surface area contributed by atoms with E-state index < -0.39 is 5.95 Å². The third kappa shape index (κ3) is 3.11. The van der Waals surface area contributed by atoms with Crippen molar-refractivity contribution in [2.24, 2.45) is 0 Å². The number of pyridine rings is 1. The number of halogens is 1. The number of hydrogen-bond donors (Lipinski definition) is 0. The van der Waals surface area contributed by atoms with Gasteiger partial charge >= 0.3 is 0 Å². The van der Waals surface area contributed by atoms with Gasteiger partial charge in [0.2, 0.25) is 5.95 Å². The van der Waals surface area contributed by atoms with E-state index in [4.69, 9.17) is 5.26 Å². The molecule has 1 atom stereocenters. The van der Waals surface area contributed by atoms with Gasteiger partial charge in [-0.05, 0) is 18.6 Å². The molecule has 1 aliphatic heterocycles. The first-order chi connectivity index (χ1) is 9.65. The van der Waals surface area contributed by atoms with Crippen LogP contribution in [-0.4, -0.2) is 52.9 Å². The van der Waals surface area contributed by atoms with Crippen LogP contribution in [0.25, 0.3) is 0 Å². The number of nitrogens with zero attached hydrogens (tertiary/aromatic N) is 4. The Hall–Kier alpha value is -2.00. The van der Waals surface area contributed by atoms with E-state index in [1.807, 2.05) is 6.92 Å². The average Bonchev–Trinajstić information content (AvgIpc) is 2.49. The molecule has 1 unspecified atom stereocenters. The van der Waals surface area contributed by atoms with E-state index in [1.54, 1.807) is 4.90 Å². The van der Waals surface area contributed by atoms with Gasteiger partial charge in [-0.3, -0.25) is 9.69 Å². The molecule has 1 amide bonds. The van der Waals surface area contributed by atoms with Crippen molar-refractivity contribution in [2.45, 2.75) is 19.4 Å². The fourth-order valence-corrected chi connectivity index (χ4v) is 2.35. The molecule has 0 N–H and O–H groups in total. The zero-order valence-corrected chi connectivity index (χ0v) is 11.4. The Morgan fingerprint density at radius 1 is 1.45 bits per heavy atom. The number of nitriles is 1. The van der Waals surface area contributed by atoms with Crippen LogP contribution >= 0.6 is 0 Å². The highest BCUT2D eigenvalue weighted by Gasteiger charge is 2.25. The summed E-state index contributed by atoms with van der Waals surface area (Å²) in [5, 5.41) is 9.04. The Labute approximate surface area is 117 Å². The molecule has 0 bridgehead atoms. The summed E-state index contributed by atoms with van der Waals surface area (Å²) in [6, 6.07) is 4.82. The molecule has 0 saturated carbocycles. The summed E-state index contributed by atoms with van der Waals surface area (Å²) in [6.07, 6.45) is 2.04. The number of carbonyl (C=O) groups is 1. The summed E-state index contributed by atoms with van der Waals surface area (Å²) in [5.74, 6) is -0.728. The standard InChI is InChI=1S/C14H17FN4O/c1-2-12(9-16)18-5-7-19(8-6-18)14(20)11-3-4-13(15)17-10-11/h3-4,10,12H,2,5-8H2,1H3. The predicted molar refractivity (Wildman–Crippen MR) is 71.4 cm³/mol. The zero-order valence-electron chi connectivity index (χ0n) is 11.4. The minimum absolute atomic E-state index is 0.0836. The van der Waals surface area contributed by atoms with E-state index in [1.165, 1.54) is 18.3 Å². The minimum Gasteiger partial charge on any atom is -0.336 e. The molecule has 106 valence electrons. The molecule has 1 saturated heterocycles. The van der Waals surface area contributed by atoms with Gasteiger partial charge in [0.25, 0.3) is 5.91 Å². The van der Waals surface area contributed by atoms with Crippen molar-refractivity contribution >= 4 is 5.91 Å². The van der Waals surface area contributed by atoms with Gasteiger partial charge in [-0.2, -0.15) is 9.65 Å². The monoisotopic (exact) mass is 276 g/mol. The molecule has 1 aromatic rings. The average molecular weight is 276 g/mol. The van der Waals surface area contributed by atoms with Crippen LogP contribution in [0, 0.1) is 17.3 Å². The second-order valence-electron chi connectivity index (χ2n) is 4.75. The molecule has 0 spiro atoms. The van der Waals surface area contributed by atoms with Crippen molar-refractivity contribution in [3.8, 4) is 6.07 Å². The van der Waals surface area contributed by atoms with Crippen LogP contribution in [0.5, 0.6) is 0 Å². The molecule has 0 radical (unpaired) electrons. The van der Waals surface area contributed by atoms with Crippen LogP contribution in [0.1, 0.15) is 23.7 Å². The summed E-state index contributed by atoms with van der Waals surface area (Å²) >= 11 is 0. The Balaban J connectivity index is 1.95. The molecular formula is C14H17FN4O. The second kappa shape index (κ2) is 6.44. The molecule has 1 fully saturated rings. The fourth-order valence-electron chi connectivity index (χ4n) is 2.35. The summed E-state index contributed by atoms with van der Waals surface area (Å²) < 4.78 is 12.7. The number of hydrogen-bond acceptors (Lipinski definition) is 4. The SMILES string of the molecule is CCC(C#N)N1CCN(C(=O)c2ccc(F)nc2)CC1. The number of aromatic nitrogens is 1. The topological polar surface area (TPSA) is 60.2 Å². The normalized spacial score (nSPS) is 17.6. The van der Waals surface area contributed by atoms with Crippen LogP contribution in [0.4, 0.5) is 4.39 Å². The first-order valence-electron chi connectivity index (χ1n) is 6.70. The lowest BCUT2D eigenvalue weighted by Crippen LogP contribution is -2.51. The quantitative estimate of drug-likeness (QED) is 0.780.